The monoisotopic (exact) mass is 389 g/mol. The summed E-state index contributed by atoms with van der Waals surface area (Å²) in [5.74, 6) is -0.306. The number of nitrogens with one attached hydrogen (secondary N) is 3. The summed E-state index contributed by atoms with van der Waals surface area (Å²) in [6, 6.07) is 5.98. The number of nitrogens with zero attached hydrogens (tertiary/aromatic N) is 3. The molecule has 0 saturated carbocycles. The lowest BCUT2D eigenvalue weighted by Crippen LogP contribution is -2.54. The smallest absolute Gasteiger partial charge is 0.211 e. The Morgan fingerprint density at radius 1 is 1.33 bits per heavy atom. The Labute approximate surface area is 157 Å². The number of rotatable bonds is 4. The standard InChI is InChI=1S/C17H23N7O2S/c1-27(25,26)24-8-5-14(6-9-24)21-16-4-7-19-17(18,22-16)13-3-2-12-11-20-23-15(12)10-13/h2-4,7,10-11,14,21-22H,5-6,8-9,18H2,1H3,(H,20,23). The van der Waals surface area contributed by atoms with Crippen molar-refractivity contribution in [3.63, 3.8) is 0 Å². The molecule has 0 aliphatic carbocycles. The van der Waals surface area contributed by atoms with Crippen LogP contribution in [0.15, 0.2) is 41.3 Å². The Morgan fingerprint density at radius 2 is 2.11 bits per heavy atom. The number of hydrogen-bond donors (Lipinski definition) is 4. The summed E-state index contributed by atoms with van der Waals surface area (Å²) in [5.41, 5.74) is 8.21. The van der Waals surface area contributed by atoms with Crippen molar-refractivity contribution in [3.05, 3.63) is 41.9 Å². The second-order valence-electron chi connectivity index (χ2n) is 7.00. The van der Waals surface area contributed by atoms with Crippen molar-refractivity contribution in [2.45, 2.75) is 24.7 Å². The molecular weight excluding hydrogens is 366 g/mol. The van der Waals surface area contributed by atoms with Crippen LogP contribution in [0.1, 0.15) is 18.4 Å². The summed E-state index contributed by atoms with van der Waals surface area (Å²) in [6.45, 7) is 1.03. The van der Waals surface area contributed by atoms with Crippen molar-refractivity contribution in [1.82, 2.24) is 25.1 Å². The van der Waals surface area contributed by atoms with Crippen molar-refractivity contribution in [3.8, 4) is 0 Å². The normalized spacial score (nSPS) is 24.6. The molecule has 0 bridgehead atoms. The van der Waals surface area contributed by atoms with Gasteiger partial charge in [0.2, 0.25) is 15.8 Å². The highest BCUT2D eigenvalue weighted by atomic mass is 32.2. The third-order valence-corrected chi connectivity index (χ3v) is 6.31. The quantitative estimate of drug-likeness (QED) is 0.590. The maximum absolute atomic E-state index is 11.6. The Balaban J connectivity index is 1.44. The number of sulfonamides is 1. The van der Waals surface area contributed by atoms with Crippen molar-refractivity contribution in [2.75, 3.05) is 19.3 Å². The second kappa shape index (κ2) is 6.63. The fourth-order valence-corrected chi connectivity index (χ4v) is 4.34. The predicted octanol–water partition coefficient (Wildman–Crippen LogP) is 0.161. The molecule has 4 rings (SSSR count). The van der Waals surface area contributed by atoms with Crippen LogP contribution in [-0.2, 0) is 15.8 Å². The molecule has 0 amide bonds. The highest BCUT2D eigenvalue weighted by Gasteiger charge is 2.31. The van der Waals surface area contributed by atoms with E-state index in [1.807, 2.05) is 24.3 Å². The Hall–Kier alpha value is -2.43. The number of aromatic amines is 1. The SMILES string of the molecule is CS(=O)(=O)N1CCC(NC2=CC=NC(N)(c3ccc4cn[nH]c4c3)N2)CC1. The van der Waals surface area contributed by atoms with E-state index in [1.165, 1.54) is 10.6 Å². The van der Waals surface area contributed by atoms with E-state index in [1.54, 1.807) is 12.4 Å². The highest BCUT2D eigenvalue weighted by molar-refractivity contribution is 7.88. The molecule has 2 aliphatic heterocycles. The van der Waals surface area contributed by atoms with E-state index < -0.39 is 15.8 Å². The average molecular weight is 389 g/mol. The predicted molar refractivity (Wildman–Crippen MR) is 104 cm³/mol. The van der Waals surface area contributed by atoms with Crippen LogP contribution in [0.2, 0.25) is 0 Å². The fourth-order valence-electron chi connectivity index (χ4n) is 3.47. The lowest BCUT2D eigenvalue weighted by molar-refractivity contribution is 0.288. The number of allylic oxidation sites excluding steroid dienone is 1. The summed E-state index contributed by atoms with van der Waals surface area (Å²) in [4.78, 5) is 4.41. The van der Waals surface area contributed by atoms with Gasteiger partial charge in [-0.3, -0.25) is 10.8 Å². The van der Waals surface area contributed by atoms with Crippen LogP contribution >= 0.6 is 0 Å². The van der Waals surface area contributed by atoms with Crippen LogP contribution in [0.3, 0.4) is 0 Å². The lowest BCUT2D eigenvalue weighted by Gasteiger charge is -2.36. The third-order valence-electron chi connectivity index (χ3n) is 5.01. The first-order valence-electron chi connectivity index (χ1n) is 8.81. The number of piperidine rings is 1. The Bertz CT molecular complexity index is 1010. The molecule has 1 saturated heterocycles. The van der Waals surface area contributed by atoms with Gasteiger partial charge in [0.15, 0.2) is 0 Å². The number of aromatic nitrogens is 2. The molecule has 1 atom stereocenters. The zero-order valence-electron chi connectivity index (χ0n) is 15.0. The first kappa shape index (κ1) is 18.0. The van der Waals surface area contributed by atoms with Gasteiger partial charge in [0.05, 0.1) is 18.0 Å². The third kappa shape index (κ3) is 3.68. The van der Waals surface area contributed by atoms with Crippen molar-refractivity contribution < 1.29 is 8.42 Å². The topological polar surface area (TPSA) is 128 Å². The molecule has 5 N–H and O–H groups in total. The Kier molecular flexibility index (Phi) is 4.41. The summed E-state index contributed by atoms with van der Waals surface area (Å²) in [6.07, 6.45) is 8.00. The molecule has 1 aromatic carbocycles. The number of benzene rings is 1. The van der Waals surface area contributed by atoms with Crippen molar-refractivity contribution in [2.24, 2.45) is 10.7 Å². The average Bonchev–Trinajstić information content (AvgIpc) is 3.09. The summed E-state index contributed by atoms with van der Waals surface area (Å²) in [5, 5.41) is 14.7. The zero-order chi connectivity index (χ0) is 19.1. The molecular formula is C17H23N7O2S. The molecule has 2 aliphatic rings. The first-order valence-corrected chi connectivity index (χ1v) is 10.7. The summed E-state index contributed by atoms with van der Waals surface area (Å²) in [7, 11) is -3.12. The molecule has 27 heavy (non-hydrogen) atoms. The van der Waals surface area contributed by atoms with Crippen LogP contribution in [0.25, 0.3) is 10.9 Å². The van der Waals surface area contributed by atoms with Crippen LogP contribution < -0.4 is 16.4 Å². The molecule has 1 unspecified atom stereocenters. The molecule has 2 aromatic rings. The van der Waals surface area contributed by atoms with Gasteiger partial charge >= 0.3 is 0 Å². The minimum absolute atomic E-state index is 0.174. The van der Waals surface area contributed by atoms with Crippen LogP contribution in [0, 0.1) is 0 Å². The van der Waals surface area contributed by atoms with Gasteiger partial charge in [0, 0.05) is 36.3 Å². The zero-order valence-corrected chi connectivity index (χ0v) is 15.8. The number of H-pyrrole nitrogens is 1. The molecule has 1 fully saturated rings. The first-order chi connectivity index (χ1) is 12.8. The van der Waals surface area contributed by atoms with E-state index >= 15 is 0 Å². The highest BCUT2D eigenvalue weighted by Crippen LogP contribution is 2.24. The number of fused-ring (bicyclic) bond motifs is 1. The van der Waals surface area contributed by atoms with Crippen LogP contribution in [0.4, 0.5) is 0 Å². The number of aliphatic imine (C=N–C) groups is 1. The van der Waals surface area contributed by atoms with Gasteiger partial charge in [-0.1, -0.05) is 12.1 Å². The molecule has 9 nitrogen and oxygen atoms in total. The molecule has 144 valence electrons. The fraction of sp³-hybridized carbons (Fsp3) is 0.412. The van der Waals surface area contributed by atoms with E-state index in [0.29, 0.717) is 13.1 Å². The van der Waals surface area contributed by atoms with E-state index in [2.05, 4.69) is 25.8 Å². The second-order valence-corrected chi connectivity index (χ2v) is 8.99. The molecule has 0 radical (unpaired) electrons. The lowest BCUT2D eigenvalue weighted by atomic mass is 10.0. The van der Waals surface area contributed by atoms with Crippen molar-refractivity contribution in [1.29, 1.82) is 0 Å². The van der Waals surface area contributed by atoms with Crippen LogP contribution in [-0.4, -0.2) is 54.5 Å². The summed E-state index contributed by atoms with van der Waals surface area (Å²) >= 11 is 0. The largest absolute Gasteiger partial charge is 0.369 e. The maximum Gasteiger partial charge on any atom is 0.211 e. The van der Waals surface area contributed by atoms with Crippen LogP contribution in [0.5, 0.6) is 0 Å². The van der Waals surface area contributed by atoms with Gasteiger partial charge in [0.1, 0.15) is 5.82 Å². The van der Waals surface area contributed by atoms with Gasteiger partial charge in [0.25, 0.3) is 0 Å². The number of nitrogens with two attached hydrogens (primary N) is 1. The van der Waals surface area contributed by atoms with Gasteiger partial charge in [-0.15, -0.1) is 0 Å². The van der Waals surface area contributed by atoms with Gasteiger partial charge in [-0.05, 0) is 25.0 Å². The van der Waals surface area contributed by atoms with E-state index in [9.17, 15) is 8.42 Å². The van der Waals surface area contributed by atoms with Gasteiger partial charge in [-0.2, -0.15) is 5.10 Å². The minimum atomic E-state index is -3.12. The van der Waals surface area contributed by atoms with Crippen molar-refractivity contribution >= 4 is 27.1 Å². The molecule has 10 heteroatoms. The van der Waals surface area contributed by atoms with E-state index in [0.717, 1.165) is 35.1 Å². The Morgan fingerprint density at radius 3 is 2.85 bits per heavy atom. The van der Waals surface area contributed by atoms with E-state index in [4.69, 9.17) is 5.73 Å². The summed E-state index contributed by atoms with van der Waals surface area (Å²) < 4.78 is 24.8. The minimum Gasteiger partial charge on any atom is -0.369 e. The van der Waals surface area contributed by atoms with Gasteiger partial charge in [-0.25, -0.2) is 17.7 Å². The molecule has 3 heterocycles. The number of hydrogen-bond acceptors (Lipinski definition) is 7. The molecule has 0 spiro atoms. The van der Waals surface area contributed by atoms with E-state index in [-0.39, 0.29) is 6.04 Å². The maximum atomic E-state index is 11.6. The molecule has 1 aromatic heterocycles. The van der Waals surface area contributed by atoms with Gasteiger partial charge < -0.3 is 10.6 Å².